The third-order valence-electron chi connectivity index (χ3n) is 4.14. The number of hydrogen-bond acceptors (Lipinski definition) is 5. The smallest absolute Gasteiger partial charge is 0.266 e. The highest BCUT2D eigenvalue weighted by Crippen LogP contribution is 2.23. The van der Waals surface area contributed by atoms with Crippen molar-refractivity contribution in [2.24, 2.45) is 0 Å². The first-order chi connectivity index (χ1) is 12.0. The predicted octanol–water partition coefficient (Wildman–Crippen LogP) is 2.64. The monoisotopic (exact) mass is 360 g/mol. The van der Waals surface area contributed by atoms with Crippen LogP contribution in [0.2, 0.25) is 5.02 Å². The van der Waals surface area contributed by atoms with Crippen LogP contribution in [0, 0.1) is 0 Å². The van der Waals surface area contributed by atoms with Crippen molar-refractivity contribution in [3.8, 4) is 5.75 Å². The Morgan fingerprint density at radius 1 is 1.12 bits per heavy atom. The van der Waals surface area contributed by atoms with Gasteiger partial charge >= 0.3 is 0 Å². The molecule has 1 aliphatic heterocycles. The van der Waals surface area contributed by atoms with Crippen molar-refractivity contribution in [3.63, 3.8) is 0 Å². The molecule has 0 unspecified atom stereocenters. The molecular weight excluding hydrogens is 340 g/mol. The van der Waals surface area contributed by atoms with Gasteiger partial charge in [-0.3, -0.25) is 9.78 Å². The van der Waals surface area contributed by atoms with Crippen molar-refractivity contribution < 1.29 is 9.53 Å². The van der Waals surface area contributed by atoms with Crippen LogP contribution in [0.4, 0.5) is 5.82 Å². The minimum atomic E-state index is -0.942. The highest BCUT2D eigenvalue weighted by Gasteiger charge is 2.35. The predicted molar refractivity (Wildman–Crippen MR) is 97.0 cm³/mol. The number of rotatable bonds is 4. The van der Waals surface area contributed by atoms with Gasteiger partial charge in [-0.15, -0.1) is 0 Å². The Morgan fingerprint density at radius 2 is 1.80 bits per heavy atom. The molecule has 2 heterocycles. The summed E-state index contributed by atoms with van der Waals surface area (Å²) in [5.74, 6) is 1.44. The van der Waals surface area contributed by atoms with E-state index < -0.39 is 5.60 Å². The maximum Gasteiger partial charge on any atom is 0.266 e. The molecule has 132 valence electrons. The number of benzene rings is 1. The lowest BCUT2D eigenvalue weighted by atomic mass is 10.1. The molecular formula is C18H21ClN4O2. The largest absolute Gasteiger partial charge is 0.478 e. The van der Waals surface area contributed by atoms with Crippen LogP contribution in [0.1, 0.15) is 13.8 Å². The van der Waals surface area contributed by atoms with Gasteiger partial charge < -0.3 is 14.5 Å². The summed E-state index contributed by atoms with van der Waals surface area (Å²) in [6.45, 7) is 6.28. The number of carbonyl (C=O) groups excluding carboxylic acids is 1. The molecule has 0 bridgehead atoms. The molecule has 1 aliphatic rings. The van der Waals surface area contributed by atoms with Crippen LogP contribution in [-0.4, -0.2) is 52.6 Å². The van der Waals surface area contributed by atoms with Gasteiger partial charge in [0.25, 0.3) is 5.91 Å². The zero-order valence-electron chi connectivity index (χ0n) is 14.4. The van der Waals surface area contributed by atoms with Gasteiger partial charge in [0.15, 0.2) is 5.60 Å². The maximum atomic E-state index is 12.9. The summed E-state index contributed by atoms with van der Waals surface area (Å²) in [5.41, 5.74) is -0.942. The topological polar surface area (TPSA) is 58.6 Å². The molecule has 0 N–H and O–H groups in total. The van der Waals surface area contributed by atoms with E-state index in [1.807, 2.05) is 4.90 Å². The molecule has 25 heavy (non-hydrogen) atoms. The van der Waals surface area contributed by atoms with Crippen molar-refractivity contribution in [3.05, 3.63) is 47.9 Å². The van der Waals surface area contributed by atoms with Gasteiger partial charge in [-0.05, 0) is 38.1 Å². The highest BCUT2D eigenvalue weighted by atomic mass is 35.5. The lowest BCUT2D eigenvalue weighted by molar-refractivity contribution is -0.145. The molecule has 6 nitrogen and oxygen atoms in total. The second kappa shape index (κ2) is 7.27. The summed E-state index contributed by atoms with van der Waals surface area (Å²) >= 11 is 5.89. The fourth-order valence-electron chi connectivity index (χ4n) is 2.81. The molecule has 0 spiro atoms. The van der Waals surface area contributed by atoms with Gasteiger partial charge in [0.05, 0.1) is 6.20 Å². The standard InChI is InChI=1S/C18H21ClN4O2/c1-18(2,25-15-5-3-14(19)4-6-15)17(24)23-11-9-22(10-12-23)16-13-20-7-8-21-16/h3-8,13H,9-12H2,1-2H3. The van der Waals surface area contributed by atoms with Crippen LogP contribution in [0.3, 0.4) is 0 Å². The molecule has 3 rings (SSSR count). The van der Waals surface area contributed by atoms with Crippen molar-refractivity contribution in [2.45, 2.75) is 19.4 Å². The number of nitrogens with zero attached hydrogens (tertiary/aromatic N) is 4. The van der Waals surface area contributed by atoms with E-state index in [-0.39, 0.29) is 5.91 Å². The Balaban J connectivity index is 1.60. The zero-order chi connectivity index (χ0) is 17.9. The van der Waals surface area contributed by atoms with Crippen LogP contribution in [-0.2, 0) is 4.79 Å². The molecule has 1 fully saturated rings. The molecule has 0 saturated carbocycles. The van der Waals surface area contributed by atoms with E-state index in [2.05, 4.69) is 14.9 Å². The van der Waals surface area contributed by atoms with Gasteiger partial charge in [-0.2, -0.15) is 0 Å². The number of amides is 1. The number of piperazine rings is 1. The number of anilines is 1. The Bertz CT molecular complexity index is 714. The summed E-state index contributed by atoms with van der Waals surface area (Å²) in [7, 11) is 0. The number of ether oxygens (including phenoxy) is 1. The number of carbonyl (C=O) groups is 1. The van der Waals surface area contributed by atoms with E-state index >= 15 is 0 Å². The molecule has 0 aliphatic carbocycles. The first-order valence-electron chi connectivity index (χ1n) is 8.21. The molecule has 0 radical (unpaired) electrons. The average Bonchev–Trinajstić information content (AvgIpc) is 2.64. The van der Waals surface area contributed by atoms with Gasteiger partial charge in [0, 0.05) is 43.6 Å². The third-order valence-corrected chi connectivity index (χ3v) is 4.39. The Hall–Kier alpha value is -2.34. The minimum Gasteiger partial charge on any atom is -0.478 e. The van der Waals surface area contributed by atoms with Crippen molar-refractivity contribution in [1.29, 1.82) is 0 Å². The van der Waals surface area contributed by atoms with E-state index in [4.69, 9.17) is 16.3 Å². The van der Waals surface area contributed by atoms with Crippen LogP contribution >= 0.6 is 11.6 Å². The van der Waals surface area contributed by atoms with Gasteiger partial charge in [-0.1, -0.05) is 11.6 Å². The van der Waals surface area contributed by atoms with Crippen molar-refractivity contribution in [1.82, 2.24) is 14.9 Å². The highest BCUT2D eigenvalue weighted by molar-refractivity contribution is 6.30. The number of halogens is 1. The van der Waals surface area contributed by atoms with Gasteiger partial charge in [0.2, 0.25) is 0 Å². The summed E-state index contributed by atoms with van der Waals surface area (Å²) in [5, 5.41) is 0.636. The second-order valence-corrected chi connectivity index (χ2v) is 6.85. The molecule has 7 heteroatoms. The van der Waals surface area contributed by atoms with Gasteiger partial charge in [0.1, 0.15) is 11.6 Å². The van der Waals surface area contributed by atoms with E-state index in [9.17, 15) is 4.79 Å². The van der Waals surface area contributed by atoms with Crippen LogP contribution in [0.15, 0.2) is 42.9 Å². The lowest BCUT2D eigenvalue weighted by Gasteiger charge is -2.38. The van der Waals surface area contributed by atoms with Crippen LogP contribution in [0.25, 0.3) is 0 Å². The van der Waals surface area contributed by atoms with Crippen molar-refractivity contribution in [2.75, 3.05) is 31.1 Å². The van der Waals surface area contributed by atoms with E-state index in [1.165, 1.54) is 0 Å². The fourth-order valence-corrected chi connectivity index (χ4v) is 2.94. The van der Waals surface area contributed by atoms with Crippen LogP contribution in [0.5, 0.6) is 5.75 Å². The van der Waals surface area contributed by atoms with E-state index in [0.29, 0.717) is 23.9 Å². The van der Waals surface area contributed by atoms with Crippen LogP contribution < -0.4 is 9.64 Å². The second-order valence-electron chi connectivity index (χ2n) is 6.41. The number of hydrogen-bond donors (Lipinski definition) is 0. The van der Waals surface area contributed by atoms with Gasteiger partial charge in [-0.25, -0.2) is 4.98 Å². The fraction of sp³-hybridized carbons (Fsp3) is 0.389. The van der Waals surface area contributed by atoms with Crippen molar-refractivity contribution >= 4 is 23.3 Å². The minimum absolute atomic E-state index is 0.0266. The summed E-state index contributed by atoms with van der Waals surface area (Å²) in [6.07, 6.45) is 5.07. The number of aromatic nitrogens is 2. The average molecular weight is 361 g/mol. The third kappa shape index (κ3) is 4.20. The Labute approximate surface area is 152 Å². The van der Waals surface area contributed by atoms with E-state index in [0.717, 1.165) is 18.9 Å². The molecule has 1 aromatic carbocycles. The molecule has 1 amide bonds. The molecule has 0 atom stereocenters. The molecule has 1 aromatic heterocycles. The summed E-state index contributed by atoms with van der Waals surface area (Å²) in [6, 6.07) is 7.03. The zero-order valence-corrected chi connectivity index (χ0v) is 15.1. The normalized spacial score (nSPS) is 15.2. The Kier molecular flexibility index (Phi) is 5.08. The maximum absolute atomic E-state index is 12.9. The Morgan fingerprint density at radius 3 is 2.40 bits per heavy atom. The SMILES string of the molecule is CC(C)(Oc1ccc(Cl)cc1)C(=O)N1CCN(c2cnccn2)CC1. The molecule has 1 saturated heterocycles. The lowest BCUT2D eigenvalue weighted by Crippen LogP contribution is -2.56. The first-order valence-corrected chi connectivity index (χ1v) is 8.58. The summed E-state index contributed by atoms with van der Waals surface area (Å²) < 4.78 is 5.90. The first kappa shape index (κ1) is 17.5. The van der Waals surface area contributed by atoms with E-state index in [1.54, 1.807) is 56.7 Å². The summed E-state index contributed by atoms with van der Waals surface area (Å²) in [4.78, 5) is 25.2. The quantitative estimate of drug-likeness (QED) is 0.838. The molecule has 2 aromatic rings.